The first-order chi connectivity index (χ1) is 8.99. The third kappa shape index (κ3) is 2.90. The predicted molar refractivity (Wildman–Crippen MR) is 80.9 cm³/mol. The Balaban J connectivity index is 2.32. The van der Waals surface area contributed by atoms with Gasteiger partial charge in [-0.25, -0.2) is 0 Å². The third-order valence-corrected chi connectivity index (χ3v) is 4.92. The molecule has 0 heterocycles. The summed E-state index contributed by atoms with van der Waals surface area (Å²) < 4.78 is 5.22. The second-order valence-corrected chi connectivity index (χ2v) is 6.55. The number of hydrogen-bond acceptors (Lipinski definition) is 2. The monoisotopic (exact) mass is 281 g/mol. The van der Waals surface area contributed by atoms with Crippen molar-refractivity contribution in [3.8, 4) is 5.75 Å². The number of nitrogens with one attached hydrogen (secondary N) is 1. The largest absolute Gasteiger partial charge is 0.497 e. The molecule has 0 saturated heterocycles. The molecule has 2 unspecified atom stereocenters. The zero-order valence-corrected chi connectivity index (χ0v) is 13.1. The van der Waals surface area contributed by atoms with E-state index in [0.717, 1.165) is 10.8 Å². The van der Waals surface area contributed by atoms with E-state index in [2.05, 4.69) is 25.2 Å². The van der Waals surface area contributed by atoms with Gasteiger partial charge in [-0.05, 0) is 48.9 Å². The molecule has 1 aliphatic carbocycles. The SMILES string of the molecule is CNC(c1ccc(OC)cc1Cl)C1CCCC1(C)C. The first kappa shape index (κ1) is 14.7. The van der Waals surface area contributed by atoms with E-state index < -0.39 is 0 Å². The van der Waals surface area contributed by atoms with Crippen LogP contribution in [0.4, 0.5) is 0 Å². The van der Waals surface area contributed by atoms with E-state index in [1.807, 2.05) is 19.2 Å². The molecule has 19 heavy (non-hydrogen) atoms. The Morgan fingerprint density at radius 3 is 2.63 bits per heavy atom. The summed E-state index contributed by atoms with van der Waals surface area (Å²) in [6.45, 7) is 4.73. The summed E-state index contributed by atoms with van der Waals surface area (Å²) in [5.41, 5.74) is 1.56. The maximum Gasteiger partial charge on any atom is 0.120 e. The molecule has 106 valence electrons. The number of halogens is 1. The molecular weight excluding hydrogens is 258 g/mol. The number of benzene rings is 1. The fourth-order valence-corrected chi connectivity index (χ4v) is 3.72. The average molecular weight is 282 g/mol. The molecule has 1 aromatic carbocycles. The first-order valence-electron chi connectivity index (χ1n) is 7.00. The van der Waals surface area contributed by atoms with E-state index in [1.165, 1.54) is 24.8 Å². The lowest BCUT2D eigenvalue weighted by Gasteiger charge is -2.34. The van der Waals surface area contributed by atoms with Crippen LogP contribution in [0.5, 0.6) is 5.75 Å². The van der Waals surface area contributed by atoms with Gasteiger partial charge in [0.1, 0.15) is 5.75 Å². The van der Waals surface area contributed by atoms with Gasteiger partial charge in [-0.1, -0.05) is 37.9 Å². The number of rotatable bonds is 4. The van der Waals surface area contributed by atoms with Crippen molar-refractivity contribution >= 4 is 11.6 Å². The van der Waals surface area contributed by atoms with Gasteiger partial charge in [0.05, 0.1) is 7.11 Å². The highest BCUT2D eigenvalue weighted by Crippen LogP contribution is 2.49. The van der Waals surface area contributed by atoms with E-state index in [-0.39, 0.29) is 0 Å². The van der Waals surface area contributed by atoms with Crippen LogP contribution in [0.25, 0.3) is 0 Å². The molecule has 1 saturated carbocycles. The van der Waals surface area contributed by atoms with Gasteiger partial charge >= 0.3 is 0 Å². The zero-order valence-electron chi connectivity index (χ0n) is 12.3. The molecule has 1 aliphatic rings. The fourth-order valence-electron chi connectivity index (χ4n) is 3.43. The molecule has 0 bridgehead atoms. The van der Waals surface area contributed by atoms with Crippen molar-refractivity contribution < 1.29 is 4.74 Å². The summed E-state index contributed by atoms with van der Waals surface area (Å²) in [7, 11) is 3.70. The van der Waals surface area contributed by atoms with Gasteiger partial charge in [0.2, 0.25) is 0 Å². The second kappa shape index (κ2) is 5.72. The molecule has 0 aliphatic heterocycles. The minimum absolute atomic E-state index is 0.316. The highest BCUT2D eigenvalue weighted by molar-refractivity contribution is 6.31. The number of ether oxygens (including phenoxy) is 1. The lowest BCUT2D eigenvalue weighted by molar-refractivity contribution is 0.203. The smallest absolute Gasteiger partial charge is 0.120 e. The highest BCUT2D eigenvalue weighted by Gasteiger charge is 2.40. The molecule has 0 radical (unpaired) electrons. The fraction of sp³-hybridized carbons (Fsp3) is 0.625. The number of methoxy groups -OCH3 is 1. The Hall–Kier alpha value is -0.730. The standard InChI is InChI=1S/C16H24ClNO/c1-16(2)9-5-6-13(16)15(18-3)12-8-7-11(19-4)10-14(12)17/h7-8,10,13,15,18H,5-6,9H2,1-4H3. The number of hydrogen-bond donors (Lipinski definition) is 1. The van der Waals surface area contributed by atoms with Crippen LogP contribution < -0.4 is 10.1 Å². The molecule has 0 spiro atoms. The summed E-state index contributed by atoms with van der Waals surface area (Å²) >= 11 is 6.43. The molecular formula is C16H24ClNO. The van der Waals surface area contributed by atoms with Gasteiger partial charge in [-0.15, -0.1) is 0 Å². The first-order valence-corrected chi connectivity index (χ1v) is 7.38. The summed E-state index contributed by atoms with van der Waals surface area (Å²) in [6.07, 6.45) is 3.87. The Kier molecular flexibility index (Phi) is 4.42. The molecule has 1 aromatic rings. The maximum absolute atomic E-state index is 6.43. The highest BCUT2D eigenvalue weighted by atomic mass is 35.5. The molecule has 2 atom stereocenters. The zero-order chi connectivity index (χ0) is 14.0. The minimum atomic E-state index is 0.316. The van der Waals surface area contributed by atoms with E-state index >= 15 is 0 Å². The topological polar surface area (TPSA) is 21.3 Å². The van der Waals surface area contributed by atoms with Crippen LogP contribution in [0.2, 0.25) is 5.02 Å². The van der Waals surface area contributed by atoms with Crippen LogP contribution >= 0.6 is 11.6 Å². The van der Waals surface area contributed by atoms with Crippen molar-refractivity contribution in [1.82, 2.24) is 5.32 Å². The summed E-state index contributed by atoms with van der Waals surface area (Å²) in [5, 5.41) is 4.26. The Bertz CT molecular complexity index is 444. The second-order valence-electron chi connectivity index (χ2n) is 6.14. The minimum Gasteiger partial charge on any atom is -0.497 e. The van der Waals surface area contributed by atoms with Crippen LogP contribution in [0.1, 0.15) is 44.7 Å². The molecule has 0 aromatic heterocycles. The predicted octanol–water partition coefficient (Wildman–Crippen LogP) is 4.44. The van der Waals surface area contributed by atoms with Crippen LogP contribution in [-0.2, 0) is 0 Å². The normalized spacial score (nSPS) is 23.3. The molecule has 3 heteroatoms. The molecule has 1 fully saturated rings. The van der Waals surface area contributed by atoms with Gasteiger partial charge < -0.3 is 10.1 Å². The van der Waals surface area contributed by atoms with Crippen molar-refractivity contribution in [2.45, 2.75) is 39.2 Å². The van der Waals surface area contributed by atoms with Gasteiger partial charge in [-0.3, -0.25) is 0 Å². The molecule has 2 nitrogen and oxygen atoms in total. The maximum atomic E-state index is 6.43. The van der Waals surface area contributed by atoms with Crippen molar-refractivity contribution in [2.75, 3.05) is 14.2 Å². The van der Waals surface area contributed by atoms with Crippen molar-refractivity contribution in [3.63, 3.8) is 0 Å². The van der Waals surface area contributed by atoms with Gasteiger partial charge in [-0.2, -0.15) is 0 Å². The van der Waals surface area contributed by atoms with E-state index in [0.29, 0.717) is 17.4 Å². The summed E-state index contributed by atoms with van der Waals surface area (Å²) in [6, 6.07) is 6.31. The lowest BCUT2D eigenvalue weighted by Crippen LogP contribution is -2.32. The molecule has 2 rings (SSSR count). The third-order valence-electron chi connectivity index (χ3n) is 4.60. The van der Waals surface area contributed by atoms with Gasteiger partial charge in [0.15, 0.2) is 0 Å². The van der Waals surface area contributed by atoms with Crippen molar-refractivity contribution in [3.05, 3.63) is 28.8 Å². The van der Waals surface area contributed by atoms with Gasteiger partial charge in [0.25, 0.3) is 0 Å². The molecule has 1 N–H and O–H groups in total. The molecule has 0 amide bonds. The van der Waals surface area contributed by atoms with Crippen LogP contribution in [0.3, 0.4) is 0 Å². The van der Waals surface area contributed by atoms with E-state index in [9.17, 15) is 0 Å². The average Bonchev–Trinajstić information content (AvgIpc) is 2.72. The Morgan fingerprint density at radius 2 is 2.16 bits per heavy atom. The quantitative estimate of drug-likeness (QED) is 0.881. The van der Waals surface area contributed by atoms with Crippen molar-refractivity contribution in [2.24, 2.45) is 11.3 Å². The van der Waals surface area contributed by atoms with Crippen LogP contribution in [0, 0.1) is 11.3 Å². The van der Waals surface area contributed by atoms with E-state index in [4.69, 9.17) is 16.3 Å². The van der Waals surface area contributed by atoms with Crippen LogP contribution in [-0.4, -0.2) is 14.2 Å². The van der Waals surface area contributed by atoms with Crippen LogP contribution in [0.15, 0.2) is 18.2 Å². The summed E-state index contributed by atoms with van der Waals surface area (Å²) in [4.78, 5) is 0. The van der Waals surface area contributed by atoms with Crippen molar-refractivity contribution in [1.29, 1.82) is 0 Å². The van der Waals surface area contributed by atoms with E-state index in [1.54, 1.807) is 7.11 Å². The Morgan fingerprint density at radius 1 is 1.42 bits per heavy atom. The Labute approximate surface area is 121 Å². The lowest BCUT2D eigenvalue weighted by atomic mass is 9.75. The van der Waals surface area contributed by atoms with Gasteiger partial charge in [0, 0.05) is 11.1 Å². The summed E-state index contributed by atoms with van der Waals surface area (Å²) in [5.74, 6) is 1.44.